The summed E-state index contributed by atoms with van der Waals surface area (Å²) < 4.78 is 0. The van der Waals surface area contributed by atoms with Crippen molar-refractivity contribution in [2.45, 2.75) is 10.1 Å². The van der Waals surface area contributed by atoms with E-state index in [9.17, 15) is 19.7 Å². The summed E-state index contributed by atoms with van der Waals surface area (Å²) >= 11 is 5.76. The molecule has 0 atom stereocenters. The van der Waals surface area contributed by atoms with Gasteiger partial charge >= 0.3 is 0 Å². The molecule has 26 heavy (non-hydrogen) atoms. The summed E-state index contributed by atoms with van der Waals surface area (Å²) in [5.74, 6) is -1.34. The minimum absolute atomic E-state index is 0.0854. The molecule has 11 heteroatoms. The highest BCUT2D eigenvalue weighted by molar-refractivity contribution is 7.99. The van der Waals surface area contributed by atoms with Crippen LogP contribution in [0.5, 0.6) is 0 Å². The van der Waals surface area contributed by atoms with Crippen LogP contribution in [-0.4, -0.2) is 31.8 Å². The zero-order valence-electron chi connectivity index (χ0n) is 12.8. The van der Waals surface area contributed by atoms with Crippen LogP contribution in [0, 0.1) is 10.1 Å². The second kappa shape index (κ2) is 7.37. The molecule has 2 heterocycles. The number of hydrogen-bond acceptors (Lipinski definition) is 8. The smallest absolute Gasteiger partial charge is 0.283 e. The number of aromatic nitrogens is 2. The molecule has 1 aliphatic heterocycles. The van der Waals surface area contributed by atoms with E-state index in [0.29, 0.717) is 15.6 Å². The predicted molar refractivity (Wildman–Crippen MR) is 96.1 cm³/mol. The third-order valence-corrected chi connectivity index (χ3v) is 4.34. The van der Waals surface area contributed by atoms with Crippen LogP contribution in [0.25, 0.3) is 6.08 Å². The first-order valence-electron chi connectivity index (χ1n) is 7.06. The van der Waals surface area contributed by atoms with Crippen LogP contribution < -0.4 is 10.6 Å². The van der Waals surface area contributed by atoms with Gasteiger partial charge < -0.3 is 0 Å². The predicted octanol–water partition coefficient (Wildman–Crippen LogP) is 1.45. The largest absolute Gasteiger partial charge is 0.299 e. The molecular formula is C15H9N5O4S2. The average Bonchev–Trinajstić information content (AvgIpc) is 2.60. The normalized spacial score (nSPS) is 13.8. The lowest BCUT2D eigenvalue weighted by Gasteiger charge is -2.16. The van der Waals surface area contributed by atoms with Gasteiger partial charge in [0.05, 0.1) is 9.82 Å². The zero-order chi connectivity index (χ0) is 18.7. The van der Waals surface area contributed by atoms with Gasteiger partial charge in [-0.1, -0.05) is 6.07 Å². The molecule has 0 bridgehead atoms. The molecule has 0 radical (unpaired) electrons. The van der Waals surface area contributed by atoms with Gasteiger partial charge in [0, 0.05) is 18.5 Å². The second-order valence-corrected chi connectivity index (χ2v) is 6.33. The van der Waals surface area contributed by atoms with E-state index in [1.165, 1.54) is 30.6 Å². The molecule has 9 nitrogen and oxygen atoms in total. The zero-order valence-corrected chi connectivity index (χ0v) is 14.5. The average molecular weight is 387 g/mol. The molecule has 1 aromatic carbocycles. The third-order valence-electron chi connectivity index (χ3n) is 3.18. The highest BCUT2D eigenvalue weighted by Crippen LogP contribution is 2.33. The van der Waals surface area contributed by atoms with E-state index in [0.717, 1.165) is 11.8 Å². The number of nitro benzene ring substituents is 1. The van der Waals surface area contributed by atoms with Gasteiger partial charge in [-0.15, -0.1) is 0 Å². The van der Waals surface area contributed by atoms with Crippen LogP contribution in [0.1, 0.15) is 5.56 Å². The summed E-state index contributed by atoms with van der Waals surface area (Å²) in [6, 6.07) is 5.97. The summed E-state index contributed by atoms with van der Waals surface area (Å²) in [7, 11) is 0. The van der Waals surface area contributed by atoms with Gasteiger partial charge in [0.25, 0.3) is 17.5 Å². The van der Waals surface area contributed by atoms with Crippen LogP contribution in [0.15, 0.2) is 52.3 Å². The minimum Gasteiger partial charge on any atom is -0.299 e. The van der Waals surface area contributed by atoms with Crippen molar-refractivity contribution in [3.63, 3.8) is 0 Å². The lowest BCUT2D eigenvalue weighted by Crippen LogP contribution is -2.51. The summed E-state index contributed by atoms with van der Waals surface area (Å²) in [4.78, 5) is 42.9. The lowest BCUT2D eigenvalue weighted by atomic mass is 10.1. The Hall–Kier alpha value is -3.18. The molecule has 0 unspecified atom stereocenters. The maximum Gasteiger partial charge on any atom is 0.283 e. The minimum atomic E-state index is -0.669. The van der Waals surface area contributed by atoms with Crippen LogP contribution in [0.3, 0.4) is 0 Å². The highest BCUT2D eigenvalue weighted by Gasteiger charge is 2.26. The standard InChI is InChI=1S/C15H9N5O4S2/c21-12-9(13(22)19-14(25)18-12)6-8-2-3-11(10(7-8)20(23)24)26-15-16-4-1-5-17-15/h1-7H,(H2,18,19,21,22,25). The molecule has 2 amide bonds. The Balaban J connectivity index is 1.95. The number of carbonyl (C=O) groups is 2. The molecule has 0 aliphatic carbocycles. The van der Waals surface area contributed by atoms with Crippen molar-refractivity contribution in [2.75, 3.05) is 0 Å². The van der Waals surface area contributed by atoms with Crippen LogP contribution in [0.2, 0.25) is 0 Å². The fourth-order valence-corrected chi connectivity index (χ4v) is 3.05. The third kappa shape index (κ3) is 3.90. The van der Waals surface area contributed by atoms with Gasteiger partial charge in [-0.3, -0.25) is 30.3 Å². The number of hydrogen-bond donors (Lipinski definition) is 2. The number of amides is 2. The highest BCUT2D eigenvalue weighted by atomic mass is 32.2. The van der Waals surface area contributed by atoms with Crippen LogP contribution in [0.4, 0.5) is 5.69 Å². The number of nitrogens with one attached hydrogen (secondary N) is 2. The Morgan fingerprint density at radius 3 is 2.42 bits per heavy atom. The van der Waals surface area contributed by atoms with Crippen molar-refractivity contribution >= 4 is 52.7 Å². The van der Waals surface area contributed by atoms with Crippen molar-refractivity contribution in [1.82, 2.24) is 20.6 Å². The first-order valence-corrected chi connectivity index (χ1v) is 8.28. The summed E-state index contributed by atoms with van der Waals surface area (Å²) in [5.41, 5.74) is -0.0632. The number of thiocarbonyl (C=S) groups is 1. The molecule has 1 saturated heterocycles. The lowest BCUT2D eigenvalue weighted by molar-refractivity contribution is -0.387. The van der Waals surface area contributed by atoms with Crippen molar-refractivity contribution in [3.8, 4) is 0 Å². The van der Waals surface area contributed by atoms with Crippen molar-refractivity contribution in [2.24, 2.45) is 0 Å². The van der Waals surface area contributed by atoms with Gasteiger partial charge in [-0.2, -0.15) is 0 Å². The number of nitrogens with zero attached hydrogens (tertiary/aromatic N) is 3. The SMILES string of the molecule is O=C1NC(=S)NC(=O)C1=Cc1ccc(Sc2ncccn2)c([N+](=O)[O-])c1. The van der Waals surface area contributed by atoms with E-state index >= 15 is 0 Å². The molecule has 2 aromatic rings. The topological polar surface area (TPSA) is 127 Å². The Labute approximate surface area is 156 Å². The molecule has 3 rings (SSSR count). The monoisotopic (exact) mass is 387 g/mol. The molecule has 1 aliphatic rings. The van der Waals surface area contributed by atoms with Gasteiger partial charge in [-0.25, -0.2) is 9.97 Å². The van der Waals surface area contributed by atoms with Gasteiger partial charge in [0.2, 0.25) is 0 Å². The van der Waals surface area contributed by atoms with Crippen molar-refractivity contribution < 1.29 is 14.5 Å². The molecule has 1 aromatic heterocycles. The van der Waals surface area contributed by atoms with E-state index in [1.807, 2.05) is 0 Å². The van der Waals surface area contributed by atoms with Gasteiger partial charge in [-0.05, 0) is 47.8 Å². The van der Waals surface area contributed by atoms with Crippen molar-refractivity contribution in [1.29, 1.82) is 0 Å². The summed E-state index contributed by atoms with van der Waals surface area (Å²) in [6.07, 6.45) is 4.32. The fraction of sp³-hybridized carbons (Fsp3) is 0. The first kappa shape index (κ1) is 17.6. The Morgan fingerprint density at radius 2 is 1.81 bits per heavy atom. The Bertz CT molecular complexity index is 940. The summed E-state index contributed by atoms with van der Waals surface area (Å²) in [5, 5.41) is 16.3. The maximum absolute atomic E-state index is 11.9. The summed E-state index contributed by atoms with van der Waals surface area (Å²) in [6.45, 7) is 0. The molecule has 130 valence electrons. The molecule has 2 N–H and O–H groups in total. The quantitative estimate of drug-likeness (QED) is 0.202. The number of nitro groups is 1. The molecule has 0 saturated carbocycles. The Morgan fingerprint density at radius 1 is 1.15 bits per heavy atom. The van der Waals surface area contributed by atoms with Crippen LogP contribution >= 0.6 is 24.0 Å². The second-order valence-electron chi connectivity index (χ2n) is 4.91. The van der Waals surface area contributed by atoms with Gasteiger partial charge in [0.1, 0.15) is 5.57 Å². The first-order chi connectivity index (χ1) is 12.4. The maximum atomic E-state index is 11.9. The Kier molecular flexibility index (Phi) is 5.00. The van der Waals surface area contributed by atoms with Crippen molar-refractivity contribution in [3.05, 3.63) is 57.9 Å². The van der Waals surface area contributed by atoms with E-state index < -0.39 is 16.7 Å². The molecule has 0 spiro atoms. The number of rotatable bonds is 4. The van der Waals surface area contributed by atoms with Gasteiger partial charge in [0.15, 0.2) is 10.3 Å². The van der Waals surface area contributed by atoms with E-state index in [2.05, 4.69) is 20.6 Å². The van der Waals surface area contributed by atoms with Crippen LogP contribution in [-0.2, 0) is 9.59 Å². The number of carbonyl (C=O) groups excluding carboxylic acids is 2. The molecule has 1 fully saturated rings. The fourth-order valence-electron chi connectivity index (χ4n) is 2.06. The molecular weight excluding hydrogens is 378 g/mol. The van der Waals surface area contributed by atoms with E-state index in [4.69, 9.17) is 12.2 Å². The number of benzene rings is 1. The van der Waals surface area contributed by atoms with E-state index in [-0.39, 0.29) is 16.4 Å². The van der Waals surface area contributed by atoms with E-state index in [1.54, 1.807) is 12.1 Å².